The number of aliphatic carboxylic acids is 1. The van der Waals surface area contributed by atoms with Crippen molar-refractivity contribution < 1.29 is 14.6 Å². The molecule has 0 amide bonds. The molecule has 3 N–H and O–H groups in total. The van der Waals surface area contributed by atoms with Crippen LogP contribution in [0.4, 0.5) is 0 Å². The van der Waals surface area contributed by atoms with Gasteiger partial charge in [-0.05, 0) is 19.1 Å². The summed E-state index contributed by atoms with van der Waals surface area (Å²) in [7, 11) is 1.66. The summed E-state index contributed by atoms with van der Waals surface area (Å²) in [6, 6.07) is -0.731. The van der Waals surface area contributed by atoms with Gasteiger partial charge in [0.05, 0.1) is 6.10 Å². The van der Waals surface area contributed by atoms with Crippen molar-refractivity contribution in [1.29, 1.82) is 0 Å². The van der Waals surface area contributed by atoms with Crippen LogP contribution < -0.4 is 5.73 Å². The SMILES string of the molecule is COC(C)CSCCC(N)C(=O)O. The molecular formula is C8H17NO3S. The summed E-state index contributed by atoms with van der Waals surface area (Å²) in [6.07, 6.45) is 0.724. The summed E-state index contributed by atoms with van der Waals surface area (Å²) >= 11 is 1.66. The first-order valence-corrected chi connectivity index (χ1v) is 5.32. The number of hydrogen-bond donors (Lipinski definition) is 2. The van der Waals surface area contributed by atoms with E-state index in [9.17, 15) is 4.79 Å². The Morgan fingerprint density at radius 3 is 2.77 bits per heavy atom. The van der Waals surface area contributed by atoms with Gasteiger partial charge in [0, 0.05) is 12.9 Å². The summed E-state index contributed by atoms with van der Waals surface area (Å²) < 4.78 is 5.04. The highest BCUT2D eigenvalue weighted by molar-refractivity contribution is 7.99. The van der Waals surface area contributed by atoms with Crippen LogP contribution in [0.1, 0.15) is 13.3 Å². The van der Waals surface area contributed by atoms with Gasteiger partial charge in [0.15, 0.2) is 0 Å². The lowest BCUT2D eigenvalue weighted by Crippen LogP contribution is -2.30. The lowest BCUT2D eigenvalue weighted by molar-refractivity contribution is -0.138. The highest BCUT2D eigenvalue weighted by Crippen LogP contribution is 2.07. The highest BCUT2D eigenvalue weighted by Gasteiger charge is 2.10. The van der Waals surface area contributed by atoms with Crippen LogP contribution in [0.5, 0.6) is 0 Å². The number of nitrogens with two attached hydrogens (primary N) is 1. The minimum atomic E-state index is -0.930. The molecule has 0 fully saturated rings. The molecule has 2 atom stereocenters. The molecule has 0 bridgehead atoms. The van der Waals surface area contributed by atoms with Gasteiger partial charge >= 0.3 is 5.97 Å². The summed E-state index contributed by atoms with van der Waals surface area (Å²) in [4.78, 5) is 10.3. The van der Waals surface area contributed by atoms with Crippen molar-refractivity contribution in [3.05, 3.63) is 0 Å². The third kappa shape index (κ3) is 6.86. The molecule has 0 radical (unpaired) electrons. The van der Waals surface area contributed by atoms with Crippen molar-refractivity contribution in [2.24, 2.45) is 5.73 Å². The van der Waals surface area contributed by atoms with Crippen LogP contribution in [-0.4, -0.2) is 41.8 Å². The fraction of sp³-hybridized carbons (Fsp3) is 0.875. The third-order valence-electron chi connectivity index (χ3n) is 1.65. The fourth-order valence-corrected chi connectivity index (χ4v) is 1.71. The van der Waals surface area contributed by atoms with Gasteiger partial charge in [0.2, 0.25) is 0 Å². The van der Waals surface area contributed by atoms with Crippen molar-refractivity contribution in [3.63, 3.8) is 0 Å². The van der Waals surface area contributed by atoms with Gasteiger partial charge in [-0.3, -0.25) is 4.79 Å². The molecule has 0 aromatic heterocycles. The van der Waals surface area contributed by atoms with Gasteiger partial charge in [-0.25, -0.2) is 0 Å². The van der Waals surface area contributed by atoms with Crippen molar-refractivity contribution in [3.8, 4) is 0 Å². The number of carboxylic acid groups (broad SMARTS) is 1. The largest absolute Gasteiger partial charge is 0.480 e. The molecule has 0 aliphatic heterocycles. The Balaban J connectivity index is 3.30. The molecule has 0 saturated carbocycles. The second kappa shape index (κ2) is 7.17. The molecular weight excluding hydrogens is 190 g/mol. The Morgan fingerprint density at radius 2 is 2.31 bits per heavy atom. The zero-order valence-electron chi connectivity index (χ0n) is 8.03. The Kier molecular flexibility index (Phi) is 7.03. The van der Waals surface area contributed by atoms with Crippen molar-refractivity contribution in [1.82, 2.24) is 0 Å². The fourth-order valence-electron chi connectivity index (χ4n) is 0.651. The Bertz CT molecular complexity index is 154. The third-order valence-corrected chi connectivity index (χ3v) is 2.87. The monoisotopic (exact) mass is 207 g/mol. The number of carboxylic acids is 1. The second-order valence-electron chi connectivity index (χ2n) is 2.85. The van der Waals surface area contributed by atoms with E-state index in [1.165, 1.54) is 0 Å². The minimum absolute atomic E-state index is 0.214. The first kappa shape index (κ1) is 12.7. The van der Waals surface area contributed by atoms with E-state index in [4.69, 9.17) is 15.6 Å². The molecule has 0 rings (SSSR count). The number of thioether (sulfide) groups is 1. The standard InChI is InChI=1S/C8H17NO3S/c1-6(12-2)5-13-4-3-7(9)8(10)11/h6-7H,3-5,9H2,1-2H3,(H,10,11). The van der Waals surface area contributed by atoms with Gasteiger partial charge in [0.1, 0.15) is 6.04 Å². The first-order chi connectivity index (χ1) is 6.07. The maximum absolute atomic E-state index is 10.3. The zero-order valence-corrected chi connectivity index (χ0v) is 8.84. The maximum Gasteiger partial charge on any atom is 0.320 e. The summed E-state index contributed by atoms with van der Waals surface area (Å²) in [6.45, 7) is 1.98. The van der Waals surface area contributed by atoms with Crippen LogP contribution in [0.3, 0.4) is 0 Å². The molecule has 0 heterocycles. The van der Waals surface area contributed by atoms with Gasteiger partial charge < -0.3 is 15.6 Å². The molecule has 0 saturated heterocycles. The molecule has 13 heavy (non-hydrogen) atoms. The quantitative estimate of drug-likeness (QED) is 0.597. The molecule has 0 aromatic rings. The molecule has 0 aliphatic carbocycles. The van der Waals surface area contributed by atoms with E-state index in [-0.39, 0.29) is 6.10 Å². The van der Waals surface area contributed by atoms with Gasteiger partial charge in [-0.2, -0.15) is 11.8 Å². The second-order valence-corrected chi connectivity index (χ2v) is 4.00. The van der Waals surface area contributed by atoms with E-state index in [1.54, 1.807) is 18.9 Å². The Hall–Kier alpha value is -0.260. The number of rotatable bonds is 7. The maximum atomic E-state index is 10.3. The van der Waals surface area contributed by atoms with Gasteiger partial charge in [-0.1, -0.05) is 0 Å². The van der Waals surface area contributed by atoms with E-state index < -0.39 is 12.0 Å². The average Bonchev–Trinajstić information content (AvgIpc) is 2.11. The molecule has 2 unspecified atom stereocenters. The number of ether oxygens (including phenoxy) is 1. The molecule has 0 spiro atoms. The van der Waals surface area contributed by atoms with Crippen molar-refractivity contribution in [2.75, 3.05) is 18.6 Å². The predicted octanol–water partition coefficient (Wildman–Crippen LogP) is 0.556. The van der Waals surface area contributed by atoms with Crippen LogP contribution in [-0.2, 0) is 9.53 Å². The Labute approximate surface area is 82.8 Å². The predicted molar refractivity (Wildman–Crippen MR) is 54.0 cm³/mol. The van der Waals surface area contributed by atoms with E-state index in [0.717, 1.165) is 11.5 Å². The lowest BCUT2D eigenvalue weighted by Gasteiger charge is -2.09. The van der Waals surface area contributed by atoms with Crippen LogP contribution in [0, 0.1) is 0 Å². The van der Waals surface area contributed by atoms with Crippen LogP contribution in [0.2, 0.25) is 0 Å². The number of hydrogen-bond acceptors (Lipinski definition) is 4. The number of methoxy groups -OCH3 is 1. The van der Waals surface area contributed by atoms with Crippen molar-refractivity contribution >= 4 is 17.7 Å². The highest BCUT2D eigenvalue weighted by atomic mass is 32.2. The van der Waals surface area contributed by atoms with E-state index in [2.05, 4.69) is 0 Å². The molecule has 0 aliphatic rings. The lowest BCUT2D eigenvalue weighted by atomic mass is 10.2. The first-order valence-electron chi connectivity index (χ1n) is 4.16. The number of carbonyl (C=O) groups is 1. The van der Waals surface area contributed by atoms with Gasteiger partial charge in [-0.15, -0.1) is 0 Å². The molecule has 5 heteroatoms. The molecule has 0 aromatic carbocycles. The zero-order chi connectivity index (χ0) is 10.3. The average molecular weight is 207 g/mol. The Morgan fingerprint density at radius 1 is 1.69 bits per heavy atom. The van der Waals surface area contributed by atoms with Gasteiger partial charge in [0.25, 0.3) is 0 Å². The van der Waals surface area contributed by atoms with Crippen LogP contribution >= 0.6 is 11.8 Å². The molecule has 4 nitrogen and oxygen atoms in total. The van der Waals surface area contributed by atoms with E-state index in [0.29, 0.717) is 6.42 Å². The van der Waals surface area contributed by atoms with Crippen LogP contribution in [0.15, 0.2) is 0 Å². The van der Waals surface area contributed by atoms with E-state index >= 15 is 0 Å². The van der Waals surface area contributed by atoms with Crippen LogP contribution in [0.25, 0.3) is 0 Å². The summed E-state index contributed by atoms with van der Waals surface area (Å²) in [5.41, 5.74) is 5.32. The summed E-state index contributed by atoms with van der Waals surface area (Å²) in [5, 5.41) is 8.48. The molecule has 78 valence electrons. The topological polar surface area (TPSA) is 72.5 Å². The van der Waals surface area contributed by atoms with E-state index in [1.807, 2.05) is 6.92 Å². The normalized spacial score (nSPS) is 15.3. The summed E-state index contributed by atoms with van der Waals surface area (Å²) in [5.74, 6) is 0.713. The smallest absolute Gasteiger partial charge is 0.320 e. The minimum Gasteiger partial charge on any atom is -0.480 e. The van der Waals surface area contributed by atoms with Crippen molar-refractivity contribution in [2.45, 2.75) is 25.5 Å².